The van der Waals surface area contributed by atoms with Gasteiger partial charge in [-0.2, -0.15) is 4.72 Å². The third-order valence-electron chi connectivity index (χ3n) is 2.90. The average Bonchev–Trinajstić information content (AvgIpc) is 3.00. The third-order valence-corrected chi connectivity index (χ3v) is 5.84. The summed E-state index contributed by atoms with van der Waals surface area (Å²) in [7, 11) is -1.86. The van der Waals surface area contributed by atoms with Crippen LogP contribution >= 0.6 is 11.3 Å². The summed E-state index contributed by atoms with van der Waals surface area (Å²) < 4.78 is 26.5. The van der Waals surface area contributed by atoms with Gasteiger partial charge < -0.3 is 4.90 Å². The SMILES string of the molecule is C[C@@H](NS(=O)(=O)c1cccs1)C(=O)N(C)C1CC1. The molecule has 1 aliphatic carbocycles. The van der Waals surface area contributed by atoms with Crippen LogP contribution in [0.4, 0.5) is 0 Å². The predicted molar refractivity (Wildman–Crippen MR) is 69.9 cm³/mol. The van der Waals surface area contributed by atoms with Crippen LogP contribution in [0.15, 0.2) is 21.7 Å². The van der Waals surface area contributed by atoms with Gasteiger partial charge in [-0.25, -0.2) is 8.42 Å². The van der Waals surface area contributed by atoms with E-state index in [2.05, 4.69) is 4.72 Å². The number of sulfonamides is 1. The molecule has 1 heterocycles. The highest BCUT2D eigenvalue weighted by Crippen LogP contribution is 2.26. The number of thiophene rings is 1. The number of amides is 1. The fourth-order valence-electron chi connectivity index (χ4n) is 1.70. The van der Waals surface area contributed by atoms with Gasteiger partial charge in [-0.05, 0) is 31.2 Å². The maximum atomic E-state index is 12.0. The molecule has 1 amide bonds. The molecule has 0 radical (unpaired) electrons. The maximum Gasteiger partial charge on any atom is 0.250 e. The van der Waals surface area contributed by atoms with Crippen LogP contribution in [0.2, 0.25) is 0 Å². The third kappa shape index (κ3) is 2.90. The van der Waals surface area contributed by atoms with Crippen molar-refractivity contribution in [1.82, 2.24) is 9.62 Å². The summed E-state index contributed by atoms with van der Waals surface area (Å²) in [5, 5.41) is 1.69. The molecule has 18 heavy (non-hydrogen) atoms. The molecular weight excluding hydrogens is 272 g/mol. The topological polar surface area (TPSA) is 66.5 Å². The molecule has 2 rings (SSSR count). The van der Waals surface area contributed by atoms with E-state index in [1.54, 1.807) is 30.3 Å². The van der Waals surface area contributed by atoms with E-state index in [0.717, 1.165) is 24.2 Å². The number of nitrogens with zero attached hydrogens (tertiary/aromatic N) is 1. The number of carbonyl (C=O) groups is 1. The Morgan fingerprint density at radius 2 is 2.22 bits per heavy atom. The van der Waals surface area contributed by atoms with Gasteiger partial charge in [0, 0.05) is 13.1 Å². The Bertz CT molecular complexity index is 520. The Morgan fingerprint density at radius 3 is 2.72 bits per heavy atom. The smallest absolute Gasteiger partial charge is 0.250 e. The summed E-state index contributed by atoms with van der Waals surface area (Å²) >= 11 is 1.14. The number of likely N-dealkylation sites (N-methyl/N-ethyl adjacent to an activating group) is 1. The van der Waals surface area contributed by atoms with Crippen molar-refractivity contribution in [1.29, 1.82) is 0 Å². The van der Waals surface area contributed by atoms with Crippen molar-refractivity contribution in [3.8, 4) is 0 Å². The van der Waals surface area contributed by atoms with Crippen LogP contribution in [0.5, 0.6) is 0 Å². The molecule has 1 aliphatic rings. The van der Waals surface area contributed by atoms with E-state index in [0.29, 0.717) is 0 Å². The highest BCUT2D eigenvalue weighted by molar-refractivity contribution is 7.91. The van der Waals surface area contributed by atoms with Gasteiger partial charge in [0.1, 0.15) is 4.21 Å². The second kappa shape index (κ2) is 4.99. The Hall–Kier alpha value is -0.920. The molecule has 1 fully saturated rings. The molecule has 0 bridgehead atoms. The molecule has 100 valence electrons. The Morgan fingerprint density at radius 1 is 1.56 bits per heavy atom. The fraction of sp³-hybridized carbons (Fsp3) is 0.545. The number of nitrogens with one attached hydrogen (secondary N) is 1. The zero-order valence-electron chi connectivity index (χ0n) is 10.3. The normalized spacial score (nSPS) is 17.4. The summed E-state index contributed by atoms with van der Waals surface area (Å²) in [5.74, 6) is -0.183. The molecule has 1 aromatic rings. The minimum Gasteiger partial charge on any atom is -0.341 e. The molecule has 1 atom stereocenters. The van der Waals surface area contributed by atoms with Crippen LogP contribution in [0.25, 0.3) is 0 Å². The summed E-state index contributed by atoms with van der Waals surface area (Å²) in [6.07, 6.45) is 2.01. The second-order valence-corrected chi connectivity index (χ2v) is 7.34. The number of rotatable bonds is 5. The van der Waals surface area contributed by atoms with E-state index < -0.39 is 16.1 Å². The van der Waals surface area contributed by atoms with Gasteiger partial charge in [0.15, 0.2) is 0 Å². The lowest BCUT2D eigenvalue weighted by atomic mass is 10.3. The van der Waals surface area contributed by atoms with Crippen molar-refractivity contribution in [2.24, 2.45) is 0 Å². The summed E-state index contributed by atoms with van der Waals surface area (Å²) in [4.78, 5) is 13.6. The van der Waals surface area contributed by atoms with Crippen molar-refractivity contribution in [3.63, 3.8) is 0 Å². The maximum absolute atomic E-state index is 12.0. The lowest BCUT2D eigenvalue weighted by molar-refractivity contribution is -0.131. The summed E-state index contributed by atoms with van der Waals surface area (Å²) in [6, 6.07) is 2.74. The molecule has 1 N–H and O–H groups in total. The number of carbonyl (C=O) groups excluding carboxylic acids is 1. The van der Waals surface area contributed by atoms with Crippen LogP contribution in [0, 0.1) is 0 Å². The molecule has 1 aromatic heterocycles. The van der Waals surface area contributed by atoms with Crippen molar-refractivity contribution in [2.45, 2.75) is 36.1 Å². The number of hydrogen-bond acceptors (Lipinski definition) is 4. The van der Waals surface area contributed by atoms with Crippen molar-refractivity contribution >= 4 is 27.3 Å². The lowest BCUT2D eigenvalue weighted by Crippen LogP contribution is -2.46. The van der Waals surface area contributed by atoms with Crippen LogP contribution < -0.4 is 4.72 Å². The van der Waals surface area contributed by atoms with Gasteiger partial charge >= 0.3 is 0 Å². The van der Waals surface area contributed by atoms with Gasteiger partial charge in [0.05, 0.1) is 6.04 Å². The molecule has 0 spiro atoms. The van der Waals surface area contributed by atoms with E-state index in [1.807, 2.05) is 0 Å². The quantitative estimate of drug-likeness (QED) is 0.880. The zero-order valence-corrected chi connectivity index (χ0v) is 11.9. The van der Waals surface area contributed by atoms with E-state index in [4.69, 9.17) is 0 Å². The second-order valence-electron chi connectivity index (χ2n) is 4.46. The first-order valence-electron chi connectivity index (χ1n) is 5.74. The minimum atomic E-state index is -3.58. The standard InChI is InChI=1S/C11H16N2O3S2/c1-8(11(14)13(2)9-5-6-9)12-18(15,16)10-4-3-7-17-10/h3-4,7-9,12H,5-6H2,1-2H3/t8-/m1/s1. The Labute approximate surface area is 111 Å². The zero-order chi connectivity index (χ0) is 13.3. The molecule has 5 nitrogen and oxygen atoms in total. The monoisotopic (exact) mass is 288 g/mol. The first kappa shape index (κ1) is 13.5. The van der Waals surface area contributed by atoms with Gasteiger partial charge in [-0.3, -0.25) is 4.79 Å². The van der Waals surface area contributed by atoms with Gasteiger partial charge in [0.2, 0.25) is 5.91 Å². The van der Waals surface area contributed by atoms with Crippen molar-refractivity contribution < 1.29 is 13.2 Å². The highest BCUT2D eigenvalue weighted by atomic mass is 32.2. The van der Waals surface area contributed by atoms with Gasteiger partial charge in [-0.15, -0.1) is 11.3 Å². The molecular formula is C11H16N2O3S2. The van der Waals surface area contributed by atoms with Crippen molar-refractivity contribution in [3.05, 3.63) is 17.5 Å². The van der Waals surface area contributed by atoms with E-state index >= 15 is 0 Å². The Kier molecular flexibility index (Phi) is 3.74. The largest absolute Gasteiger partial charge is 0.341 e. The molecule has 7 heteroatoms. The first-order valence-corrected chi connectivity index (χ1v) is 8.10. The Balaban J connectivity index is 2.02. The van der Waals surface area contributed by atoms with E-state index in [-0.39, 0.29) is 16.2 Å². The average molecular weight is 288 g/mol. The summed E-state index contributed by atoms with van der Waals surface area (Å²) in [5.41, 5.74) is 0. The highest BCUT2D eigenvalue weighted by Gasteiger charge is 2.33. The van der Waals surface area contributed by atoms with E-state index in [9.17, 15) is 13.2 Å². The molecule has 0 saturated heterocycles. The molecule has 1 saturated carbocycles. The van der Waals surface area contributed by atoms with Crippen LogP contribution in [-0.2, 0) is 14.8 Å². The molecule has 0 unspecified atom stereocenters. The lowest BCUT2D eigenvalue weighted by Gasteiger charge is -2.21. The fourth-order valence-corrected chi connectivity index (χ4v) is 3.91. The molecule has 0 aromatic carbocycles. The summed E-state index contributed by atoms with van der Waals surface area (Å²) in [6.45, 7) is 1.58. The van der Waals surface area contributed by atoms with Crippen molar-refractivity contribution in [2.75, 3.05) is 7.05 Å². The van der Waals surface area contributed by atoms with E-state index in [1.165, 1.54) is 6.07 Å². The molecule has 0 aliphatic heterocycles. The number of hydrogen-bond donors (Lipinski definition) is 1. The minimum absolute atomic E-state index is 0.183. The van der Waals surface area contributed by atoms with Gasteiger partial charge in [-0.1, -0.05) is 6.07 Å². The van der Waals surface area contributed by atoms with Crippen LogP contribution in [0.1, 0.15) is 19.8 Å². The van der Waals surface area contributed by atoms with Gasteiger partial charge in [0.25, 0.3) is 10.0 Å². The predicted octanol–water partition coefficient (Wildman–Crippen LogP) is 1.04. The van der Waals surface area contributed by atoms with Crippen LogP contribution in [-0.4, -0.2) is 38.4 Å². The van der Waals surface area contributed by atoms with Crippen LogP contribution in [0.3, 0.4) is 0 Å². The first-order chi connectivity index (χ1) is 8.42.